The van der Waals surface area contributed by atoms with Crippen LogP contribution in [-0.4, -0.2) is 24.4 Å². The van der Waals surface area contributed by atoms with E-state index in [1.165, 1.54) is 6.42 Å². The highest BCUT2D eigenvalue weighted by molar-refractivity contribution is 6.18. The number of ketones is 1. The van der Waals surface area contributed by atoms with E-state index in [4.69, 9.17) is 9.57 Å². The van der Waals surface area contributed by atoms with Gasteiger partial charge in [0.25, 0.3) is 0 Å². The van der Waals surface area contributed by atoms with E-state index in [-0.39, 0.29) is 24.0 Å². The number of carbonyl (C=O) groups excluding carboxylic acids is 2. The topological polar surface area (TPSA) is 64.6 Å². The van der Waals surface area contributed by atoms with E-state index in [1.807, 2.05) is 0 Å². The Morgan fingerprint density at radius 3 is 2.75 bits per heavy atom. The Bertz CT molecular complexity index is 318. The van der Waals surface area contributed by atoms with Crippen LogP contribution in [0.25, 0.3) is 0 Å². The molecule has 16 heavy (non-hydrogen) atoms. The maximum Gasteiger partial charge on any atom is 0.363 e. The summed E-state index contributed by atoms with van der Waals surface area (Å²) in [6, 6.07) is 0.218. The zero-order valence-electron chi connectivity index (χ0n) is 9.03. The van der Waals surface area contributed by atoms with E-state index in [0.29, 0.717) is 0 Å². The molecule has 1 fully saturated rings. The standard InChI is InChI=1S/C11H15NO4/c13-10-7-15-6-9(10)11(14)16-12-8-4-2-1-3-5-8/h6,8,12H,1-5,7H2. The predicted octanol–water partition coefficient (Wildman–Crippen LogP) is 0.850. The molecule has 0 unspecified atom stereocenters. The Labute approximate surface area is 93.7 Å². The second kappa shape index (κ2) is 5.12. The van der Waals surface area contributed by atoms with Crippen molar-refractivity contribution >= 4 is 11.8 Å². The highest BCUT2D eigenvalue weighted by Gasteiger charge is 2.26. The summed E-state index contributed by atoms with van der Waals surface area (Å²) in [5, 5.41) is 0. The molecule has 0 atom stereocenters. The van der Waals surface area contributed by atoms with Crippen LogP contribution in [-0.2, 0) is 19.2 Å². The summed E-state index contributed by atoms with van der Waals surface area (Å²) in [4.78, 5) is 27.5. The molecule has 1 heterocycles. The van der Waals surface area contributed by atoms with Crippen molar-refractivity contribution < 1.29 is 19.2 Å². The number of hydrogen-bond donors (Lipinski definition) is 1. The van der Waals surface area contributed by atoms with Crippen LogP contribution in [0.2, 0.25) is 0 Å². The van der Waals surface area contributed by atoms with E-state index >= 15 is 0 Å². The van der Waals surface area contributed by atoms with Gasteiger partial charge in [0, 0.05) is 6.04 Å². The fourth-order valence-electron chi connectivity index (χ4n) is 1.92. The van der Waals surface area contributed by atoms with Gasteiger partial charge < -0.3 is 9.57 Å². The van der Waals surface area contributed by atoms with Gasteiger partial charge in [-0.25, -0.2) is 4.79 Å². The molecule has 2 rings (SSSR count). The van der Waals surface area contributed by atoms with E-state index in [0.717, 1.165) is 31.9 Å². The number of carbonyl (C=O) groups is 2. The van der Waals surface area contributed by atoms with Gasteiger partial charge in [-0.3, -0.25) is 4.79 Å². The lowest BCUT2D eigenvalue weighted by Gasteiger charge is -2.21. The van der Waals surface area contributed by atoms with Crippen molar-refractivity contribution in [3.63, 3.8) is 0 Å². The molecule has 0 radical (unpaired) electrons. The average Bonchev–Trinajstić information content (AvgIpc) is 2.74. The second-order valence-electron chi connectivity index (χ2n) is 4.11. The molecule has 0 aromatic rings. The first kappa shape index (κ1) is 11.1. The van der Waals surface area contributed by atoms with Crippen LogP contribution in [0.1, 0.15) is 32.1 Å². The third kappa shape index (κ3) is 2.61. The number of rotatable bonds is 3. The summed E-state index contributed by atoms with van der Waals surface area (Å²) in [6.07, 6.45) is 6.73. The van der Waals surface area contributed by atoms with Crippen LogP contribution in [0.5, 0.6) is 0 Å². The average molecular weight is 225 g/mol. The van der Waals surface area contributed by atoms with Gasteiger partial charge in [-0.1, -0.05) is 19.3 Å². The second-order valence-corrected chi connectivity index (χ2v) is 4.11. The maximum atomic E-state index is 11.4. The number of ether oxygens (including phenoxy) is 1. The number of hydroxylamine groups is 1. The molecule has 1 aliphatic carbocycles. The molecule has 5 heteroatoms. The largest absolute Gasteiger partial charge is 0.492 e. The van der Waals surface area contributed by atoms with Crippen molar-refractivity contribution in [3.05, 3.63) is 11.8 Å². The molecule has 0 bridgehead atoms. The zero-order chi connectivity index (χ0) is 11.4. The van der Waals surface area contributed by atoms with Crippen LogP contribution >= 0.6 is 0 Å². The lowest BCUT2D eigenvalue weighted by atomic mass is 9.96. The van der Waals surface area contributed by atoms with Crippen LogP contribution in [0.15, 0.2) is 11.8 Å². The molecule has 2 aliphatic rings. The van der Waals surface area contributed by atoms with Crippen LogP contribution in [0.3, 0.4) is 0 Å². The summed E-state index contributed by atoms with van der Waals surface area (Å²) in [7, 11) is 0. The molecule has 0 saturated heterocycles. The van der Waals surface area contributed by atoms with E-state index in [1.54, 1.807) is 0 Å². The summed E-state index contributed by atoms with van der Waals surface area (Å²) in [5.74, 6) is -0.969. The Kier molecular flexibility index (Phi) is 3.56. The summed E-state index contributed by atoms with van der Waals surface area (Å²) >= 11 is 0. The summed E-state index contributed by atoms with van der Waals surface area (Å²) in [5.41, 5.74) is 2.71. The van der Waals surface area contributed by atoms with Crippen molar-refractivity contribution in [2.24, 2.45) is 0 Å². The maximum absolute atomic E-state index is 11.4. The predicted molar refractivity (Wildman–Crippen MR) is 55.1 cm³/mol. The molecular weight excluding hydrogens is 210 g/mol. The molecule has 0 spiro atoms. The van der Waals surface area contributed by atoms with Gasteiger partial charge in [-0.2, -0.15) is 0 Å². The minimum Gasteiger partial charge on any atom is -0.492 e. The third-order valence-corrected chi connectivity index (χ3v) is 2.86. The zero-order valence-corrected chi connectivity index (χ0v) is 9.03. The van der Waals surface area contributed by atoms with Crippen molar-refractivity contribution in [2.45, 2.75) is 38.1 Å². The first-order valence-electron chi connectivity index (χ1n) is 5.59. The fraction of sp³-hybridized carbons (Fsp3) is 0.636. The monoisotopic (exact) mass is 225 g/mol. The lowest BCUT2D eigenvalue weighted by molar-refractivity contribution is -0.149. The van der Waals surface area contributed by atoms with Crippen LogP contribution in [0, 0.1) is 0 Å². The van der Waals surface area contributed by atoms with E-state index in [9.17, 15) is 9.59 Å². The van der Waals surface area contributed by atoms with Crippen LogP contribution in [0.4, 0.5) is 0 Å². The van der Waals surface area contributed by atoms with Crippen molar-refractivity contribution in [2.75, 3.05) is 6.61 Å². The molecule has 1 aliphatic heterocycles. The molecule has 5 nitrogen and oxygen atoms in total. The van der Waals surface area contributed by atoms with Crippen LogP contribution < -0.4 is 5.48 Å². The van der Waals surface area contributed by atoms with Gasteiger partial charge in [0.2, 0.25) is 5.78 Å². The minimum absolute atomic E-state index is 0.0108. The SMILES string of the molecule is O=C1COC=C1C(=O)ONC1CCCCC1. The molecule has 88 valence electrons. The Hall–Kier alpha value is -1.36. The third-order valence-electron chi connectivity index (χ3n) is 2.86. The molecular formula is C11H15NO4. The highest BCUT2D eigenvalue weighted by atomic mass is 16.7. The molecule has 1 N–H and O–H groups in total. The Balaban J connectivity index is 1.77. The van der Waals surface area contributed by atoms with E-state index in [2.05, 4.69) is 5.48 Å². The quantitative estimate of drug-likeness (QED) is 0.570. The first-order valence-corrected chi connectivity index (χ1v) is 5.59. The molecule has 0 aromatic carbocycles. The van der Waals surface area contributed by atoms with Gasteiger partial charge in [0.05, 0.1) is 0 Å². The van der Waals surface area contributed by atoms with Crippen molar-refractivity contribution in [1.82, 2.24) is 5.48 Å². The van der Waals surface area contributed by atoms with Crippen molar-refractivity contribution in [3.8, 4) is 0 Å². The first-order chi connectivity index (χ1) is 7.77. The molecule has 0 amide bonds. The fourth-order valence-corrected chi connectivity index (χ4v) is 1.92. The molecule has 0 aromatic heterocycles. The Morgan fingerprint density at radius 2 is 2.12 bits per heavy atom. The van der Waals surface area contributed by atoms with Gasteiger partial charge in [0.1, 0.15) is 11.8 Å². The smallest absolute Gasteiger partial charge is 0.363 e. The van der Waals surface area contributed by atoms with Gasteiger partial charge in [0.15, 0.2) is 6.61 Å². The summed E-state index contributed by atoms with van der Waals surface area (Å²) in [6.45, 7) is -0.0616. The number of nitrogens with one attached hydrogen (secondary N) is 1. The van der Waals surface area contributed by atoms with Gasteiger partial charge >= 0.3 is 5.97 Å². The summed E-state index contributed by atoms with van der Waals surface area (Å²) < 4.78 is 4.74. The molecule has 1 saturated carbocycles. The highest BCUT2D eigenvalue weighted by Crippen LogP contribution is 2.17. The minimum atomic E-state index is -0.645. The van der Waals surface area contributed by atoms with Crippen molar-refractivity contribution in [1.29, 1.82) is 0 Å². The Morgan fingerprint density at radius 1 is 1.38 bits per heavy atom. The van der Waals surface area contributed by atoms with Gasteiger partial charge in [-0.05, 0) is 12.8 Å². The van der Waals surface area contributed by atoms with E-state index < -0.39 is 5.97 Å². The van der Waals surface area contributed by atoms with Gasteiger partial charge in [-0.15, -0.1) is 5.48 Å². The lowest BCUT2D eigenvalue weighted by Crippen LogP contribution is -2.34. The number of hydrogen-bond acceptors (Lipinski definition) is 5. The number of Topliss-reactive ketones (excluding diaryl/α,β-unsaturated/α-hetero) is 1. The normalized spacial score (nSPS) is 21.5.